The summed E-state index contributed by atoms with van der Waals surface area (Å²) in [5.74, 6) is 0.288. The van der Waals surface area contributed by atoms with E-state index in [4.69, 9.17) is 16.0 Å². The zero-order valence-electron chi connectivity index (χ0n) is 13.4. The van der Waals surface area contributed by atoms with Gasteiger partial charge >= 0.3 is 0 Å². The number of hydrogen-bond acceptors (Lipinski definition) is 4. The number of halogens is 1. The third kappa shape index (κ3) is 2.92. The standard InChI is InChI=1S/C18H21ClN2O3/c19-13-4-5-16-12(10-13)11-17(24-16)18(23)21-8-6-20(7-9-21)14-2-1-3-15(14)22/h4-5,10-11,14-15,22H,1-3,6-9H2/t14-,15+/m1/s1. The molecule has 128 valence electrons. The molecular formula is C18H21ClN2O3. The van der Waals surface area contributed by atoms with Crippen LogP contribution in [-0.2, 0) is 0 Å². The van der Waals surface area contributed by atoms with Crippen molar-refractivity contribution in [1.82, 2.24) is 9.80 Å². The minimum absolute atomic E-state index is 0.0751. The van der Waals surface area contributed by atoms with E-state index in [1.807, 2.05) is 4.90 Å². The number of benzene rings is 1. The second kappa shape index (κ2) is 6.39. The lowest BCUT2D eigenvalue weighted by Crippen LogP contribution is -2.53. The van der Waals surface area contributed by atoms with Crippen LogP contribution < -0.4 is 0 Å². The third-order valence-corrected chi connectivity index (χ3v) is 5.44. The highest BCUT2D eigenvalue weighted by atomic mass is 35.5. The molecule has 1 aliphatic carbocycles. The molecule has 1 saturated heterocycles. The number of rotatable bonds is 2. The highest BCUT2D eigenvalue weighted by Crippen LogP contribution is 2.27. The Kier molecular flexibility index (Phi) is 4.24. The van der Waals surface area contributed by atoms with Gasteiger partial charge in [0.15, 0.2) is 5.76 Å². The summed E-state index contributed by atoms with van der Waals surface area (Å²) < 4.78 is 5.68. The van der Waals surface area contributed by atoms with Crippen molar-refractivity contribution in [1.29, 1.82) is 0 Å². The summed E-state index contributed by atoms with van der Waals surface area (Å²) in [6.45, 7) is 2.94. The summed E-state index contributed by atoms with van der Waals surface area (Å²) in [6.07, 6.45) is 2.82. The van der Waals surface area contributed by atoms with E-state index in [1.165, 1.54) is 0 Å². The molecule has 2 atom stereocenters. The summed E-state index contributed by atoms with van der Waals surface area (Å²) in [5.41, 5.74) is 0.676. The maximum absolute atomic E-state index is 12.7. The van der Waals surface area contributed by atoms with E-state index in [0.29, 0.717) is 29.5 Å². The number of carbonyl (C=O) groups is 1. The first kappa shape index (κ1) is 15.9. The molecule has 1 saturated carbocycles. The van der Waals surface area contributed by atoms with E-state index in [-0.39, 0.29) is 18.1 Å². The molecule has 2 heterocycles. The van der Waals surface area contributed by atoms with Gasteiger partial charge in [-0.05, 0) is 43.5 Å². The zero-order valence-corrected chi connectivity index (χ0v) is 14.2. The van der Waals surface area contributed by atoms with Crippen LogP contribution in [0, 0.1) is 0 Å². The fraction of sp³-hybridized carbons (Fsp3) is 0.500. The Bertz CT molecular complexity index is 752. The first-order valence-corrected chi connectivity index (χ1v) is 8.90. The molecule has 0 unspecified atom stereocenters. The van der Waals surface area contributed by atoms with Crippen LogP contribution >= 0.6 is 11.6 Å². The van der Waals surface area contributed by atoms with Gasteiger partial charge in [-0.25, -0.2) is 0 Å². The van der Waals surface area contributed by atoms with E-state index in [2.05, 4.69) is 4.90 Å². The minimum Gasteiger partial charge on any atom is -0.451 e. The van der Waals surface area contributed by atoms with E-state index in [1.54, 1.807) is 24.3 Å². The molecule has 1 aromatic carbocycles. The number of piperazine rings is 1. The van der Waals surface area contributed by atoms with Gasteiger partial charge in [0.2, 0.25) is 0 Å². The topological polar surface area (TPSA) is 56.9 Å². The van der Waals surface area contributed by atoms with Gasteiger partial charge in [0.1, 0.15) is 5.58 Å². The zero-order chi connectivity index (χ0) is 16.7. The van der Waals surface area contributed by atoms with Crippen LogP contribution in [0.15, 0.2) is 28.7 Å². The molecule has 1 amide bonds. The molecule has 1 aromatic heterocycles. The highest BCUT2D eigenvalue weighted by molar-refractivity contribution is 6.31. The Balaban J connectivity index is 1.43. The lowest BCUT2D eigenvalue weighted by molar-refractivity contribution is 0.0303. The Morgan fingerprint density at radius 3 is 2.67 bits per heavy atom. The minimum atomic E-state index is -0.215. The van der Waals surface area contributed by atoms with E-state index >= 15 is 0 Å². The lowest BCUT2D eigenvalue weighted by Gasteiger charge is -2.38. The van der Waals surface area contributed by atoms with Gasteiger partial charge in [0.05, 0.1) is 6.10 Å². The lowest BCUT2D eigenvalue weighted by atomic mass is 10.1. The van der Waals surface area contributed by atoms with Crippen molar-refractivity contribution in [2.75, 3.05) is 26.2 Å². The monoisotopic (exact) mass is 348 g/mol. The predicted molar refractivity (Wildman–Crippen MR) is 92.3 cm³/mol. The van der Waals surface area contributed by atoms with Gasteiger partial charge in [-0.3, -0.25) is 9.69 Å². The van der Waals surface area contributed by atoms with Crippen molar-refractivity contribution in [2.45, 2.75) is 31.4 Å². The first-order valence-electron chi connectivity index (χ1n) is 8.52. The van der Waals surface area contributed by atoms with Gasteiger partial charge < -0.3 is 14.4 Å². The molecule has 2 aromatic rings. The van der Waals surface area contributed by atoms with Crippen LogP contribution in [0.1, 0.15) is 29.8 Å². The Labute approximate surface area is 145 Å². The molecule has 0 spiro atoms. The van der Waals surface area contributed by atoms with Gasteiger partial charge in [0.25, 0.3) is 5.91 Å². The average molecular weight is 349 g/mol. The van der Waals surface area contributed by atoms with Crippen molar-refractivity contribution in [2.24, 2.45) is 0 Å². The van der Waals surface area contributed by atoms with Crippen molar-refractivity contribution < 1.29 is 14.3 Å². The van der Waals surface area contributed by atoms with Crippen LogP contribution in [0.4, 0.5) is 0 Å². The largest absolute Gasteiger partial charge is 0.451 e. The van der Waals surface area contributed by atoms with Crippen molar-refractivity contribution in [3.8, 4) is 0 Å². The van der Waals surface area contributed by atoms with Crippen LogP contribution in [-0.4, -0.2) is 59.1 Å². The Morgan fingerprint density at radius 2 is 1.96 bits per heavy atom. The van der Waals surface area contributed by atoms with Crippen LogP contribution in [0.3, 0.4) is 0 Å². The summed E-state index contributed by atoms with van der Waals surface area (Å²) in [4.78, 5) is 16.8. The van der Waals surface area contributed by atoms with Crippen molar-refractivity contribution in [3.05, 3.63) is 35.0 Å². The average Bonchev–Trinajstić information content (AvgIpc) is 3.20. The fourth-order valence-corrected chi connectivity index (χ4v) is 4.06. The fourth-order valence-electron chi connectivity index (χ4n) is 3.88. The molecule has 2 fully saturated rings. The van der Waals surface area contributed by atoms with Crippen LogP contribution in [0.5, 0.6) is 0 Å². The number of nitrogens with zero attached hydrogens (tertiary/aromatic N) is 2. The smallest absolute Gasteiger partial charge is 0.289 e. The van der Waals surface area contributed by atoms with E-state index < -0.39 is 0 Å². The highest BCUT2D eigenvalue weighted by Gasteiger charge is 2.33. The van der Waals surface area contributed by atoms with E-state index in [9.17, 15) is 9.90 Å². The molecule has 0 radical (unpaired) electrons. The molecule has 5 nitrogen and oxygen atoms in total. The second-order valence-corrected chi connectivity index (χ2v) is 7.12. The van der Waals surface area contributed by atoms with Gasteiger partial charge in [-0.1, -0.05) is 11.6 Å². The molecule has 6 heteroatoms. The molecule has 4 rings (SSSR count). The predicted octanol–water partition coefficient (Wildman–Crippen LogP) is 2.76. The van der Waals surface area contributed by atoms with Crippen molar-refractivity contribution in [3.63, 3.8) is 0 Å². The quantitative estimate of drug-likeness (QED) is 0.906. The number of aliphatic hydroxyl groups excluding tert-OH is 1. The molecule has 0 bridgehead atoms. The molecule has 2 aliphatic rings. The van der Waals surface area contributed by atoms with Crippen LogP contribution in [0.2, 0.25) is 5.02 Å². The van der Waals surface area contributed by atoms with Gasteiger partial charge in [-0.15, -0.1) is 0 Å². The normalized spacial score (nSPS) is 25.5. The number of aliphatic hydroxyl groups is 1. The number of amides is 1. The van der Waals surface area contributed by atoms with Crippen LogP contribution in [0.25, 0.3) is 11.0 Å². The Hall–Kier alpha value is -1.56. The summed E-state index contributed by atoms with van der Waals surface area (Å²) in [7, 11) is 0. The maximum atomic E-state index is 12.7. The van der Waals surface area contributed by atoms with Gasteiger partial charge in [0, 0.05) is 42.6 Å². The molecule has 1 N–H and O–H groups in total. The Morgan fingerprint density at radius 1 is 1.17 bits per heavy atom. The first-order chi connectivity index (χ1) is 11.6. The number of fused-ring (bicyclic) bond motifs is 1. The second-order valence-electron chi connectivity index (χ2n) is 6.69. The van der Waals surface area contributed by atoms with Crippen molar-refractivity contribution >= 4 is 28.5 Å². The number of furan rings is 1. The summed E-state index contributed by atoms with van der Waals surface area (Å²) in [6, 6.07) is 7.37. The molecular weight excluding hydrogens is 328 g/mol. The third-order valence-electron chi connectivity index (χ3n) is 5.20. The SMILES string of the molecule is O=C(c1cc2cc(Cl)ccc2o1)N1CCN([C@@H]2CCC[C@@H]2O)CC1. The summed E-state index contributed by atoms with van der Waals surface area (Å²) >= 11 is 5.98. The van der Waals surface area contributed by atoms with E-state index in [0.717, 1.165) is 37.7 Å². The molecule has 1 aliphatic heterocycles. The number of hydrogen-bond donors (Lipinski definition) is 1. The van der Waals surface area contributed by atoms with Gasteiger partial charge in [-0.2, -0.15) is 0 Å². The maximum Gasteiger partial charge on any atom is 0.289 e. The number of carbonyl (C=O) groups excluding carboxylic acids is 1. The summed E-state index contributed by atoms with van der Waals surface area (Å²) in [5, 5.41) is 11.5. The molecule has 24 heavy (non-hydrogen) atoms.